The minimum absolute atomic E-state index is 0.0663. The average molecular weight is 525 g/mol. The fraction of sp³-hybridized carbons (Fsp3) is 0.462. The molecule has 0 bridgehead atoms. The average Bonchev–Trinajstić information content (AvgIpc) is 2.85. The van der Waals surface area contributed by atoms with Crippen molar-refractivity contribution in [3.8, 4) is 0 Å². The molecule has 1 aliphatic heterocycles. The molecule has 6 nitrogen and oxygen atoms in total. The standard InChI is InChI=1S/C26H32ClF3N4O2/c1-2-32(18-24(31)35)17-23(20-6-8-21(9-7-20)26(28,29)30)33-13-15-34(16-14-33)25(36)12-5-19-3-10-22(27)11-4-19/h3-4,6-11,23H,2,5,12-18H2,1H3,(H2,31,35). The molecule has 2 aromatic rings. The number of likely N-dealkylation sites (N-methyl/N-ethyl adjacent to an activating group) is 1. The Labute approximate surface area is 214 Å². The van der Waals surface area contributed by atoms with Crippen LogP contribution in [0.25, 0.3) is 0 Å². The first-order valence-corrected chi connectivity index (χ1v) is 12.4. The van der Waals surface area contributed by atoms with Crippen LogP contribution in [-0.2, 0) is 22.2 Å². The zero-order valence-corrected chi connectivity index (χ0v) is 21.1. The van der Waals surface area contributed by atoms with Gasteiger partial charge in [-0.1, -0.05) is 42.8 Å². The highest BCUT2D eigenvalue weighted by atomic mass is 35.5. The van der Waals surface area contributed by atoms with Gasteiger partial charge < -0.3 is 10.6 Å². The molecule has 0 aliphatic carbocycles. The lowest BCUT2D eigenvalue weighted by atomic mass is 10.0. The fourth-order valence-corrected chi connectivity index (χ4v) is 4.57. The van der Waals surface area contributed by atoms with Crippen LogP contribution < -0.4 is 5.73 Å². The zero-order valence-electron chi connectivity index (χ0n) is 20.3. The largest absolute Gasteiger partial charge is 0.416 e. The Bertz CT molecular complexity index is 1010. The summed E-state index contributed by atoms with van der Waals surface area (Å²) in [6.07, 6.45) is -3.39. The molecule has 0 aromatic heterocycles. The van der Waals surface area contributed by atoms with Gasteiger partial charge in [0.25, 0.3) is 0 Å². The Morgan fingerprint density at radius 1 is 1.03 bits per heavy atom. The van der Waals surface area contributed by atoms with Gasteiger partial charge in [0.05, 0.1) is 12.1 Å². The number of benzene rings is 2. The number of nitrogens with two attached hydrogens (primary N) is 1. The van der Waals surface area contributed by atoms with Gasteiger partial charge in [0.2, 0.25) is 11.8 Å². The summed E-state index contributed by atoms with van der Waals surface area (Å²) in [5.74, 6) is -0.390. The van der Waals surface area contributed by atoms with Gasteiger partial charge in [-0.2, -0.15) is 13.2 Å². The molecule has 0 spiro atoms. The molecule has 36 heavy (non-hydrogen) atoms. The van der Waals surface area contributed by atoms with Crippen molar-refractivity contribution in [2.45, 2.75) is 32.0 Å². The Balaban J connectivity index is 1.66. The van der Waals surface area contributed by atoms with Crippen molar-refractivity contribution < 1.29 is 22.8 Å². The molecule has 1 saturated heterocycles. The lowest BCUT2D eigenvalue weighted by molar-refractivity contribution is -0.137. The Kier molecular flexibility index (Phi) is 9.76. The highest BCUT2D eigenvalue weighted by molar-refractivity contribution is 6.30. The van der Waals surface area contributed by atoms with Crippen molar-refractivity contribution in [2.24, 2.45) is 5.73 Å². The van der Waals surface area contributed by atoms with Crippen LogP contribution in [0.15, 0.2) is 48.5 Å². The Morgan fingerprint density at radius 2 is 1.64 bits per heavy atom. The van der Waals surface area contributed by atoms with E-state index in [1.54, 1.807) is 12.1 Å². The summed E-state index contributed by atoms with van der Waals surface area (Å²) in [4.78, 5) is 30.2. The van der Waals surface area contributed by atoms with Crippen LogP contribution in [0.3, 0.4) is 0 Å². The summed E-state index contributed by atoms with van der Waals surface area (Å²) in [7, 11) is 0. The van der Waals surface area contributed by atoms with Crippen LogP contribution in [0, 0.1) is 0 Å². The fourth-order valence-electron chi connectivity index (χ4n) is 4.44. The van der Waals surface area contributed by atoms with Gasteiger partial charge in [0.1, 0.15) is 0 Å². The van der Waals surface area contributed by atoms with E-state index in [-0.39, 0.29) is 18.5 Å². The topological polar surface area (TPSA) is 69.9 Å². The van der Waals surface area contributed by atoms with Crippen LogP contribution in [0.1, 0.15) is 36.1 Å². The van der Waals surface area contributed by atoms with E-state index >= 15 is 0 Å². The minimum Gasteiger partial charge on any atom is -0.369 e. The summed E-state index contributed by atoms with van der Waals surface area (Å²) < 4.78 is 39.2. The molecule has 3 rings (SSSR count). The number of hydrogen-bond acceptors (Lipinski definition) is 4. The number of alkyl halides is 3. The molecule has 1 unspecified atom stereocenters. The lowest BCUT2D eigenvalue weighted by Gasteiger charge is -2.41. The number of carbonyl (C=O) groups is 2. The van der Waals surface area contributed by atoms with Crippen molar-refractivity contribution in [2.75, 3.05) is 45.8 Å². The first-order valence-electron chi connectivity index (χ1n) is 12.0. The van der Waals surface area contributed by atoms with Crippen molar-refractivity contribution in [1.29, 1.82) is 0 Å². The van der Waals surface area contributed by atoms with E-state index < -0.39 is 17.6 Å². The van der Waals surface area contributed by atoms with Gasteiger partial charge in [0.15, 0.2) is 0 Å². The van der Waals surface area contributed by atoms with Gasteiger partial charge in [-0.15, -0.1) is 0 Å². The van der Waals surface area contributed by atoms with Crippen molar-refractivity contribution >= 4 is 23.4 Å². The van der Waals surface area contributed by atoms with Crippen molar-refractivity contribution in [3.63, 3.8) is 0 Å². The number of aryl methyl sites for hydroxylation is 1. The van der Waals surface area contributed by atoms with E-state index in [4.69, 9.17) is 17.3 Å². The van der Waals surface area contributed by atoms with Crippen LogP contribution in [0.2, 0.25) is 5.02 Å². The van der Waals surface area contributed by atoms with Crippen molar-refractivity contribution in [1.82, 2.24) is 14.7 Å². The van der Waals surface area contributed by atoms with E-state index in [2.05, 4.69) is 4.90 Å². The third kappa shape index (κ3) is 7.94. The van der Waals surface area contributed by atoms with Gasteiger partial charge in [0, 0.05) is 50.2 Å². The molecule has 2 N–H and O–H groups in total. The first-order chi connectivity index (χ1) is 17.1. The van der Waals surface area contributed by atoms with E-state index in [9.17, 15) is 22.8 Å². The zero-order chi connectivity index (χ0) is 26.3. The molecular weight excluding hydrogens is 493 g/mol. The molecule has 0 radical (unpaired) electrons. The smallest absolute Gasteiger partial charge is 0.369 e. The molecule has 1 heterocycles. The number of carbonyl (C=O) groups excluding carboxylic acids is 2. The number of halogens is 4. The third-order valence-electron chi connectivity index (χ3n) is 6.53. The molecule has 196 valence electrons. The summed E-state index contributed by atoms with van der Waals surface area (Å²) in [5.41, 5.74) is 6.46. The van der Waals surface area contributed by atoms with E-state index in [1.807, 2.05) is 28.9 Å². The minimum atomic E-state index is -4.41. The number of piperazine rings is 1. The third-order valence-corrected chi connectivity index (χ3v) is 6.78. The molecular formula is C26H32ClF3N4O2. The number of amides is 2. The quantitative estimate of drug-likeness (QED) is 0.510. The molecule has 10 heteroatoms. The molecule has 1 aliphatic rings. The summed E-state index contributed by atoms with van der Waals surface area (Å²) in [6.45, 7) is 5.19. The van der Waals surface area contributed by atoms with Crippen LogP contribution >= 0.6 is 11.6 Å². The van der Waals surface area contributed by atoms with Gasteiger partial charge in [-0.3, -0.25) is 19.4 Å². The SMILES string of the molecule is CCN(CC(N)=O)CC(c1ccc(C(F)(F)F)cc1)N1CCN(C(=O)CCc2ccc(Cl)cc2)CC1. The molecule has 1 fully saturated rings. The Morgan fingerprint density at radius 3 is 2.17 bits per heavy atom. The second kappa shape index (κ2) is 12.6. The number of rotatable bonds is 10. The van der Waals surface area contributed by atoms with E-state index in [0.717, 1.165) is 23.3 Å². The number of primary amides is 1. The lowest BCUT2D eigenvalue weighted by Crippen LogP contribution is -2.51. The maximum atomic E-state index is 13.1. The molecule has 2 aromatic carbocycles. The molecule has 1 atom stereocenters. The van der Waals surface area contributed by atoms with Gasteiger partial charge in [-0.05, 0) is 48.4 Å². The summed E-state index contributed by atoms with van der Waals surface area (Å²) in [5, 5.41) is 0.654. The van der Waals surface area contributed by atoms with E-state index in [1.165, 1.54) is 12.1 Å². The monoisotopic (exact) mass is 524 g/mol. The normalized spacial score (nSPS) is 15.8. The molecule has 0 saturated carbocycles. The van der Waals surface area contributed by atoms with Gasteiger partial charge in [-0.25, -0.2) is 0 Å². The van der Waals surface area contributed by atoms with Crippen LogP contribution in [0.5, 0.6) is 0 Å². The number of hydrogen-bond donors (Lipinski definition) is 1. The Hall–Kier alpha value is -2.62. The van der Waals surface area contributed by atoms with Crippen LogP contribution in [0.4, 0.5) is 13.2 Å². The predicted octanol–water partition coefficient (Wildman–Crippen LogP) is 3.98. The van der Waals surface area contributed by atoms with Gasteiger partial charge >= 0.3 is 6.18 Å². The highest BCUT2D eigenvalue weighted by Gasteiger charge is 2.32. The van der Waals surface area contributed by atoms with Crippen LogP contribution in [-0.4, -0.2) is 72.3 Å². The molecule has 2 amide bonds. The summed E-state index contributed by atoms with van der Waals surface area (Å²) >= 11 is 5.92. The number of nitrogens with zero attached hydrogens (tertiary/aromatic N) is 3. The van der Waals surface area contributed by atoms with Crippen molar-refractivity contribution in [3.05, 3.63) is 70.2 Å². The first kappa shape index (κ1) is 28.0. The second-order valence-electron chi connectivity index (χ2n) is 8.97. The second-order valence-corrected chi connectivity index (χ2v) is 9.41. The maximum Gasteiger partial charge on any atom is 0.416 e. The maximum absolute atomic E-state index is 13.1. The highest BCUT2D eigenvalue weighted by Crippen LogP contribution is 2.31. The predicted molar refractivity (Wildman–Crippen MR) is 133 cm³/mol. The summed E-state index contributed by atoms with van der Waals surface area (Å²) in [6, 6.07) is 12.4. The van der Waals surface area contributed by atoms with E-state index in [0.29, 0.717) is 57.1 Å².